The van der Waals surface area contributed by atoms with Gasteiger partial charge < -0.3 is 5.32 Å². The number of hydrogen-bond acceptors (Lipinski definition) is 3. The Labute approximate surface area is 66.6 Å². The first-order valence-electron chi connectivity index (χ1n) is 3.62. The highest BCUT2D eigenvalue weighted by Crippen LogP contribution is 2.14. The van der Waals surface area contributed by atoms with E-state index in [4.69, 9.17) is 0 Å². The third-order valence-corrected chi connectivity index (χ3v) is 1.87. The lowest BCUT2D eigenvalue weighted by molar-refractivity contribution is 0.430. The summed E-state index contributed by atoms with van der Waals surface area (Å²) < 4.78 is 1.70. The molecule has 0 radical (unpaired) electrons. The van der Waals surface area contributed by atoms with Gasteiger partial charge in [-0.3, -0.25) is 4.68 Å². The zero-order valence-corrected chi connectivity index (χ0v) is 7.42. The van der Waals surface area contributed by atoms with E-state index in [1.54, 1.807) is 4.68 Å². The highest BCUT2D eigenvalue weighted by Gasteiger charge is 2.20. The largest absolute Gasteiger partial charge is 0.310 e. The Morgan fingerprint density at radius 2 is 2.18 bits per heavy atom. The van der Waals surface area contributed by atoms with Gasteiger partial charge in [0.15, 0.2) is 0 Å². The molecule has 0 spiro atoms. The Hall–Kier alpha value is -0.900. The van der Waals surface area contributed by atoms with Crippen molar-refractivity contribution in [1.29, 1.82) is 0 Å². The van der Waals surface area contributed by atoms with E-state index in [0.29, 0.717) is 0 Å². The second-order valence-corrected chi connectivity index (χ2v) is 3.15. The van der Waals surface area contributed by atoms with Gasteiger partial charge in [0.05, 0.1) is 5.54 Å². The van der Waals surface area contributed by atoms with Crippen LogP contribution in [-0.4, -0.2) is 22.0 Å². The van der Waals surface area contributed by atoms with Crippen LogP contribution in [0.4, 0.5) is 0 Å². The molecule has 1 rings (SSSR count). The van der Waals surface area contributed by atoms with E-state index in [0.717, 1.165) is 5.69 Å². The van der Waals surface area contributed by atoms with Crippen molar-refractivity contribution < 1.29 is 0 Å². The number of nitrogens with one attached hydrogen (secondary N) is 1. The molecule has 0 atom stereocenters. The maximum atomic E-state index is 4.01. The lowest BCUT2D eigenvalue weighted by atomic mass is 10.0. The summed E-state index contributed by atoms with van der Waals surface area (Å²) >= 11 is 0. The van der Waals surface area contributed by atoms with E-state index in [1.807, 2.05) is 20.3 Å². The van der Waals surface area contributed by atoms with Crippen LogP contribution in [0.15, 0.2) is 6.20 Å². The number of hydrogen-bond donors (Lipinski definition) is 1. The Balaban J connectivity index is 2.92. The van der Waals surface area contributed by atoms with Crippen LogP contribution in [0.3, 0.4) is 0 Å². The van der Waals surface area contributed by atoms with Gasteiger partial charge >= 0.3 is 0 Å². The Kier molecular flexibility index (Phi) is 1.95. The molecular weight excluding hydrogens is 140 g/mol. The minimum absolute atomic E-state index is 0.0890. The molecule has 0 fully saturated rings. The van der Waals surface area contributed by atoms with Crippen LogP contribution < -0.4 is 5.32 Å². The fourth-order valence-corrected chi connectivity index (χ4v) is 0.762. The highest BCUT2D eigenvalue weighted by molar-refractivity contribution is 5.06. The first-order chi connectivity index (χ1) is 5.06. The Morgan fingerprint density at radius 1 is 1.55 bits per heavy atom. The third-order valence-electron chi connectivity index (χ3n) is 1.87. The Morgan fingerprint density at radius 3 is 2.55 bits per heavy atom. The summed E-state index contributed by atoms with van der Waals surface area (Å²) in [5, 5.41) is 11.0. The minimum Gasteiger partial charge on any atom is -0.310 e. The molecule has 62 valence electrons. The van der Waals surface area contributed by atoms with Gasteiger partial charge in [0, 0.05) is 13.2 Å². The van der Waals surface area contributed by atoms with Gasteiger partial charge in [-0.05, 0) is 20.9 Å². The molecule has 0 saturated heterocycles. The van der Waals surface area contributed by atoms with Crippen molar-refractivity contribution in [3.05, 3.63) is 11.9 Å². The monoisotopic (exact) mass is 154 g/mol. The van der Waals surface area contributed by atoms with Gasteiger partial charge in [0.25, 0.3) is 0 Å². The van der Waals surface area contributed by atoms with Gasteiger partial charge in [0.2, 0.25) is 0 Å². The molecule has 0 unspecified atom stereocenters. The summed E-state index contributed by atoms with van der Waals surface area (Å²) in [6.45, 7) is 4.13. The normalized spacial score (nSPS) is 12.0. The molecule has 1 heterocycles. The molecule has 0 aliphatic rings. The topological polar surface area (TPSA) is 42.7 Å². The summed E-state index contributed by atoms with van der Waals surface area (Å²) in [5.74, 6) is 0. The van der Waals surface area contributed by atoms with Crippen LogP contribution in [-0.2, 0) is 12.6 Å². The number of aryl methyl sites for hydroxylation is 1. The van der Waals surface area contributed by atoms with Gasteiger partial charge in [-0.15, -0.1) is 5.10 Å². The SMILES string of the molecule is CNC(C)(C)c1cn(C)nn1. The van der Waals surface area contributed by atoms with Gasteiger partial charge in [-0.25, -0.2) is 0 Å². The van der Waals surface area contributed by atoms with Gasteiger partial charge in [-0.1, -0.05) is 5.21 Å². The van der Waals surface area contributed by atoms with E-state index in [2.05, 4.69) is 29.5 Å². The van der Waals surface area contributed by atoms with Crippen LogP contribution >= 0.6 is 0 Å². The van der Waals surface area contributed by atoms with Crippen LogP contribution in [0.2, 0.25) is 0 Å². The van der Waals surface area contributed by atoms with Crippen molar-refractivity contribution in [2.75, 3.05) is 7.05 Å². The average molecular weight is 154 g/mol. The molecular formula is C7H14N4. The molecule has 0 aliphatic heterocycles. The first-order valence-corrected chi connectivity index (χ1v) is 3.62. The van der Waals surface area contributed by atoms with Crippen molar-refractivity contribution in [2.45, 2.75) is 19.4 Å². The van der Waals surface area contributed by atoms with Gasteiger partial charge in [-0.2, -0.15) is 0 Å². The number of rotatable bonds is 2. The molecule has 4 nitrogen and oxygen atoms in total. The molecule has 1 aromatic heterocycles. The van der Waals surface area contributed by atoms with Crippen molar-refractivity contribution in [3.8, 4) is 0 Å². The molecule has 0 aliphatic carbocycles. The molecule has 1 N–H and O–H groups in total. The molecule has 0 aromatic carbocycles. The van der Waals surface area contributed by atoms with E-state index in [-0.39, 0.29) is 5.54 Å². The third kappa shape index (κ3) is 1.57. The molecule has 0 bridgehead atoms. The lowest BCUT2D eigenvalue weighted by Crippen LogP contribution is -2.33. The van der Waals surface area contributed by atoms with E-state index in [1.165, 1.54) is 0 Å². The van der Waals surface area contributed by atoms with Gasteiger partial charge in [0.1, 0.15) is 5.69 Å². The zero-order chi connectivity index (χ0) is 8.48. The van der Waals surface area contributed by atoms with E-state index < -0.39 is 0 Å². The summed E-state index contributed by atoms with van der Waals surface area (Å²) in [6, 6.07) is 0. The predicted molar refractivity (Wildman–Crippen MR) is 43.1 cm³/mol. The molecule has 0 amide bonds. The van der Waals surface area contributed by atoms with E-state index >= 15 is 0 Å². The summed E-state index contributed by atoms with van der Waals surface area (Å²) in [5.41, 5.74) is 0.872. The van der Waals surface area contributed by atoms with Crippen molar-refractivity contribution in [2.24, 2.45) is 7.05 Å². The summed E-state index contributed by atoms with van der Waals surface area (Å²) in [4.78, 5) is 0. The van der Waals surface area contributed by atoms with Crippen molar-refractivity contribution >= 4 is 0 Å². The predicted octanol–water partition coefficient (Wildman–Crippen LogP) is 0.270. The standard InChI is InChI=1S/C7H14N4/c1-7(2,8-3)6-5-11(4)10-9-6/h5,8H,1-4H3. The number of nitrogens with zero attached hydrogens (tertiary/aromatic N) is 3. The fraction of sp³-hybridized carbons (Fsp3) is 0.714. The first kappa shape index (κ1) is 8.20. The van der Waals surface area contributed by atoms with Crippen LogP contribution in [0.1, 0.15) is 19.5 Å². The molecule has 1 aromatic rings. The number of aromatic nitrogens is 3. The minimum atomic E-state index is -0.0890. The van der Waals surface area contributed by atoms with Crippen molar-refractivity contribution in [3.63, 3.8) is 0 Å². The average Bonchev–Trinajstić information content (AvgIpc) is 2.36. The second-order valence-electron chi connectivity index (χ2n) is 3.15. The van der Waals surface area contributed by atoms with E-state index in [9.17, 15) is 0 Å². The zero-order valence-electron chi connectivity index (χ0n) is 7.42. The molecule has 11 heavy (non-hydrogen) atoms. The smallest absolute Gasteiger partial charge is 0.102 e. The fourth-order valence-electron chi connectivity index (χ4n) is 0.762. The van der Waals surface area contributed by atoms with Crippen LogP contribution in [0.25, 0.3) is 0 Å². The maximum Gasteiger partial charge on any atom is 0.102 e. The van der Waals surface area contributed by atoms with Crippen LogP contribution in [0.5, 0.6) is 0 Å². The molecule has 4 heteroatoms. The van der Waals surface area contributed by atoms with Crippen LogP contribution in [0, 0.1) is 0 Å². The highest BCUT2D eigenvalue weighted by atomic mass is 15.4. The molecule has 0 saturated carbocycles. The lowest BCUT2D eigenvalue weighted by Gasteiger charge is -2.20. The Bertz CT molecular complexity index is 238. The quantitative estimate of drug-likeness (QED) is 0.665. The second kappa shape index (κ2) is 2.62. The van der Waals surface area contributed by atoms with Crippen molar-refractivity contribution in [1.82, 2.24) is 20.3 Å². The maximum absolute atomic E-state index is 4.01. The summed E-state index contributed by atoms with van der Waals surface area (Å²) in [7, 11) is 3.77. The summed E-state index contributed by atoms with van der Waals surface area (Å²) in [6.07, 6.45) is 1.91.